The van der Waals surface area contributed by atoms with Gasteiger partial charge in [0.05, 0.1) is 31.0 Å². The molecule has 3 heterocycles. The fourth-order valence-corrected chi connectivity index (χ4v) is 2.49. The molecule has 3 rings (SSSR count). The van der Waals surface area contributed by atoms with Crippen molar-refractivity contribution in [3.63, 3.8) is 0 Å². The van der Waals surface area contributed by atoms with Crippen molar-refractivity contribution in [2.75, 3.05) is 46.9 Å². The van der Waals surface area contributed by atoms with Gasteiger partial charge in [0, 0.05) is 40.2 Å². The second-order valence-electron chi connectivity index (χ2n) is 5.84. The summed E-state index contributed by atoms with van der Waals surface area (Å²) >= 11 is 0. The SMILES string of the molecule is CN(C)C(=O)Cc1[nH]nnc1-n1nn[c]c1CCN1CCOCC1. The van der Waals surface area contributed by atoms with Crippen molar-refractivity contribution in [2.24, 2.45) is 0 Å². The summed E-state index contributed by atoms with van der Waals surface area (Å²) < 4.78 is 6.95. The number of carbonyl (C=O) groups is 1. The highest BCUT2D eigenvalue weighted by Crippen LogP contribution is 2.12. The maximum absolute atomic E-state index is 11.9. The van der Waals surface area contributed by atoms with E-state index < -0.39 is 0 Å². The third-order valence-electron chi connectivity index (χ3n) is 3.96. The van der Waals surface area contributed by atoms with E-state index in [-0.39, 0.29) is 12.3 Å². The van der Waals surface area contributed by atoms with Crippen molar-refractivity contribution in [1.82, 2.24) is 40.2 Å². The molecule has 1 fully saturated rings. The first-order chi connectivity index (χ1) is 11.6. The third-order valence-corrected chi connectivity index (χ3v) is 3.96. The Morgan fingerprint density at radius 1 is 1.38 bits per heavy atom. The molecule has 1 saturated heterocycles. The summed E-state index contributed by atoms with van der Waals surface area (Å²) in [6.07, 6.45) is 3.82. The Morgan fingerprint density at radius 2 is 2.17 bits per heavy atom. The highest BCUT2D eigenvalue weighted by atomic mass is 16.5. The number of amides is 1. The normalized spacial score (nSPS) is 15.6. The number of nitrogens with zero attached hydrogens (tertiary/aromatic N) is 7. The lowest BCUT2D eigenvalue weighted by Crippen LogP contribution is -2.37. The smallest absolute Gasteiger partial charge is 0.228 e. The monoisotopic (exact) mass is 333 g/mol. The highest BCUT2D eigenvalue weighted by Gasteiger charge is 2.19. The van der Waals surface area contributed by atoms with Crippen LogP contribution < -0.4 is 0 Å². The minimum absolute atomic E-state index is 0.0405. The van der Waals surface area contributed by atoms with E-state index in [0.717, 1.165) is 45.0 Å². The van der Waals surface area contributed by atoms with E-state index in [2.05, 4.69) is 36.8 Å². The lowest BCUT2D eigenvalue weighted by atomic mass is 10.2. The number of aromatic nitrogens is 6. The molecule has 0 atom stereocenters. The molecule has 10 nitrogen and oxygen atoms in total. The summed E-state index contributed by atoms with van der Waals surface area (Å²) in [5, 5.41) is 18.6. The number of hydrogen-bond donors (Lipinski definition) is 1. The van der Waals surface area contributed by atoms with Crippen LogP contribution in [0.3, 0.4) is 0 Å². The van der Waals surface area contributed by atoms with E-state index in [4.69, 9.17) is 4.74 Å². The molecule has 0 saturated carbocycles. The molecule has 0 spiro atoms. The molecule has 1 N–H and O–H groups in total. The molecule has 0 unspecified atom stereocenters. The minimum atomic E-state index is -0.0405. The van der Waals surface area contributed by atoms with Gasteiger partial charge >= 0.3 is 0 Å². The molecule has 0 bridgehead atoms. The van der Waals surface area contributed by atoms with Crippen LogP contribution in [0.5, 0.6) is 0 Å². The zero-order valence-corrected chi connectivity index (χ0v) is 13.9. The number of rotatable bonds is 6. The Kier molecular flexibility index (Phi) is 5.16. The fourth-order valence-electron chi connectivity index (χ4n) is 2.49. The molecule has 0 aliphatic carbocycles. The van der Waals surface area contributed by atoms with Gasteiger partial charge in [0.15, 0.2) is 0 Å². The summed E-state index contributed by atoms with van der Waals surface area (Å²) in [7, 11) is 3.42. The van der Waals surface area contributed by atoms with Crippen LogP contribution in [0.15, 0.2) is 0 Å². The molecule has 2 aromatic heterocycles. The van der Waals surface area contributed by atoms with Gasteiger partial charge < -0.3 is 9.64 Å². The Labute approximate surface area is 139 Å². The van der Waals surface area contributed by atoms with Crippen LogP contribution in [0.4, 0.5) is 0 Å². The zero-order chi connectivity index (χ0) is 16.9. The Balaban J connectivity index is 1.71. The van der Waals surface area contributed by atoms with Crippen molar-refractivity contribution in [3.8, 4) is 5.82 Å². The Hall–Kier alpha value is -2.33. The third kappa shape index (κ3) is 3.77. The van der Waals surface area contributed by atoms with E-state index in [1.54, 1.807) is 18.8 Å². The van der Waals surface area contributed by atoms with Crippen LogP contribution >= 0.6 is 0 Å². The highest BCUT2D eigenvalue weighted by molar-refractivity contribution is 5.78. The standard InChI is InChI=1S/C14H21N8O2/c1-20(2)13(23)9-12-14(17-18-16-12)22-11(10-15-19-22)3-4-21-5-7-24-8-6-21/h3-9H2,1-2H3,(H,16,17,18). The van der Waals surface area contributed by atoms with Gasteiger partial charge in [-0.3, -0.25) is 14.8 Å². The van der Waals surface area contributed by atoms with Gasteiger partial charge in [0.2, 0.25) is 11.7 Å². The molecule has 1 aliphatic rings. The van der Waals surface area contributed by atoms with Crippen LogP contribution in [0.1, 0.15) is 11.4 Å². The van der Waals surface area contributed by atoms with E-state index in [1.807, 2.05) is 0 Å². The van der Waals surface area contributed by atoms with Crippen molar-refractivity contribution in [1.29, 1.82) is 0 Å². The number of likely N-dealkylation sites (N-methyl/N-ethyl adjacent to an activating group) is 1. The number of ether oxygens (including phenoxy) is 1. The van der Waals surface area contributed by atoms with Gasteiger partial charge in [-0.05, 0) is 0 Å². The minimum Gasteiger partial charge on any atom is -0.379 e. The first kappa shape index (κ1) is 16.5. The number of morpholine rings is 1. The molecular formula is C14H21N8O2. The zero-order valence-electron chi connectivity index (χ0n) is 13.9. The van der Waals surface area contributed by atoms with Crippen molar-refractivity contribution in [3.05, 3.63) is 17.6 Å². The second-order valence-corrected chi connectivity index (χ2v) is 5.84. The summed E-state index contributed by atoms with van der Waals surface area (Å²) in [4.78, 5) is 15.8. The lowest BCUT2D eigenvalue weighted by Gasteiger charge is -2.26. The van der Waals surface area contributed by atoms with E-state index in [1.165, 1.54) is 4.90 Å². The second kappa shape index (κ2) is 7.49. The molecule has 1 amide bonds. The van der Waals surface area contributed by atoms with Gasteiger partial charge in [-0.25, -0.2) is 0 Å². The quantitative estimate of drug-likeness (QED) is 0.700. The van der Waals surface area contributed by atoms with E-state index in [9.17, 15) is 4.79 Å². The van der Waals surface area contributed by atoms with Crippen molar-refractivity contribution < 1.29 is 9.53 Å². The van der Waals surface area contributed by atoms with Crippen LogP contribution in [0.2, 0.25) is 0 Å². The molecule has 1 aliphatic heterocycles. The van der Waals surface area contributed by atoms with Crippen LogP contribution in [0.25, 0.3) is 5.82 Å². The Morgan fingerprint density at radius 3 is 2.92 bits per heavy atom. The van der Waals surface area contributed by atoms with Crippen LogP contribution in [-0.4, -0.2) is 93.1 Å². The summed E-state index contributed by atoms with van der Waals surface area (Å²) in [6, 6.07) is 0. The van der Waals surface area contributed by atoms with Gasteiger partial charge in [-0.1, -0.05) is 10.4 Å². The molecule has 2 aromatic rings. The largest absolute Gasteiger partial charge is 0.379 e. The maximum Gasteiger partial charge on any atom is 0.228 e. The number of H-pyrrole nitrogens is 1. The number of carbonyl (C=O) groups excluding carboxylic acids is 1. The summed E-state index contributed by atoms with van der Waals surface area (Å²) in [5.74, 6) is 0.456. The van der Waals surface area contributed by atoms with Crippen molar-refractivity contribution >= 4 is 5.91 Å². The first-order valence-corrected chi connectivity index (χ1v) is 7.88. The van der Waals surface area contributed by atoms with Gasteiger partial charge in [-0.2, -0.15) is 4.68 Å². The topological polar surface area (TPSA) is 105 Å². The van der Waals surface area contributed by atoms with Gasteiger partial charge in [-0.15, -0.1) is 10.2 Å². The summed E-state index contributed by atoms with van der Waals surface area (Å²) in [6.45, 7) is 4.25. The fraction of sp³-hybridized carbons (Fsp3) is 0.643. The predicted octanol–water partition coefficient (Wildman–Crippen LogP) is -1.31. The number of hydrogen-bond acceptors (Lipinski definition) is 7. The van der Waals surface area contributed by atoms with Crippen LogP contribution in [-0.2, 0) is 22.4 Å². The van der Waals surface area contributed by atoms with Gasteiger partial charge in [0.1, 0.15) is 6.20 Å². The number of nitrogens with one attached hydrogen (secondary N) is 1. The number of aromatic amines is 1. The maximum atomic E-state index is 11.9. The lowest BCUT2D eigenvalue weighted by molar-refractivity contribution is -0.128. The molecular weight excluding hydrogens is 312 g/mol. The predicted molar refractivity (Wildman–Crippen MR) is 83.5 cm³/mol. The average molecular weight is 333 g/mol. The molecule has 0 aromatic carbocycles. The molecule has 1 radical (unpaired) electrons. The molecule has 129 valence electrons. The Bertz CT molecular complexity index is 674. The average Bonchev–Trinajstić information content (AvgIpc) is 3.22. The van der Waals surface area contributed by atoms with Gasteiger partial charge in [0.25, 0.3) is 0 Å². The van der Waals surface area contributed by atoms with E-state index in [0.29, 0.717) is 11.5 Å². The van der Waals surface area contributed by atoms with Crippen LogP contribution in [0, 0.1) is 6.20 Å². The molecule has 24 heavy (non-hydrogen) atoms. The summed E-state index contributed by atoms with van der Waals surface area (Å²) in [5.41, 5.74) is 1.43. The molecule has 10 heteroatoms. The van der Waals surface area contributed by atoms with Crippen molar-refractivity contribution in [2.45, 2.75) is 12.8 Å². The first-order valence-electron chi connectivity index (χ1n) is 7.88. The van der Waals surface area contributed by atoms with E-state index >= 15 is 0 Å².